The first kappa shape index (κ1) is 14.3. The molecular formula is C15H28NO2. The van der Waals surface area contributed by atoms with Crippen LogP contribution in [0.3, 0.4) is 0 Å². The molecule has 1 aliphatic heterocycles. The van der Waals surface area contributed by atoms with E-state index in [0.717, 1.165) is 45.7 Å². The Morgan fingerprint density at radius 1 is 1.22 bits per heavy atom. The van der Waals surface area contributed by atoms with E-state index in [1.165, 1.54) is 12.8 Å². The highest BCUT2D eigenvalue weighted by Crippen LogP contribution is 2.34. The molecule has 2 unspecified atom stereocenters. The van der Waals surface area contributed by atoms with E-state index in [1.54, 1.807) is 0 Å². The lowest BCUT2D eigenvalue weighted by atomic mass is 9.75. The lowest BCUT2D eigenvalue weighted by molar-refractivity contribution is 0.0191. The van der Waals surface area contributed by atoms with Crippen molar-refractivity contribution in [1.82, 2.24) is 4.90 Å². The number of hydrogen-bond donors (Lipinski definition) is 1. The van der Waals surface area contributed by atoms with Crippen molar-refractivity contribution in [3.05, 3.63) is 6.42 Å². The second-order valence-electron chi connectivity index (χ2n) is 6.56. The van der Waals surface area contributed by atoms with Gasteiger partial charge in [-0.25, -0.2) is 0 Å². The number of aliphatic hydroxyl groups is 1. The third kappa shape index (κ3) is 4.22. The maximum absolute atomic E-state index is 10.1. The molecule has 1 saturated carbocycles. The van der Waals surface area contributed by atoms with Crippen LogP contribution in [-0.4, -0.2) is 49.0 Å². The van der Waals surface area contributed by atoms with Gasteiger partial charge in [0, 0.05) is 19.6 Å². The van der Waals surface area contributed by atoms with Crippen molar-refractivity contribution >= 4 is 0 Å². The summed E-state index contributed by atoms with van der Waals surface area (Å²) in [6, 6.07) is 0. The molecule has 2 atom stereocenters. The molecule has 1 N–H and O–H groups in total. The van der Waals surface area contributed by atoms with Crippen LogP contribution >= 0.6 is 0 Å². The highest BCUT2D eigenvalue weighted by Gasteiger charge is 2.31. The Hall–Kier alpha value is -0.120. The summed E-state index contributed by atoms with van der Waals surface area (Å²) in [5.41, 5.74) is 0.181. The molecule has 105 valence electrons. The summed E-state index contributed by atoms with van der Waals surface area (Å²) in [5.74, 6) is 0.398. The second-order valence-corrected chi connectivity index (χ2v) is 6.56. The zero-order chi connectivity index (χ0) is 13.0. The van der Waals surface area contributed by atoms with Crippen LogP contribution in [0.15, 0.2) is 0 Å². The fourth-order valence-electron chi connectivity index (χ4n) is 3.30. The highest BCUT2D eigenvalue weighted by atomic mass is 16.5. The predicted octanol–water partition coefficient (Wildman–Crippen LogP) is 2.10. The van der Waals surface area contributed by atoms with E-state index in [0.29, 0.717) is 5.92 Å². The average molecular weight is 254 g/mol. The molecule has 18 heavy (non-hydrogen) atoms. The Bertz CT molecular complexity index is 249. The molecule has 1 radical (unpaired) electrons. The van der Waals surface area contributed by atoms with Gasteiger partial charge < -0.3 is 9.84 Å². The van der Waals surface area contributed by atoms with Gasteiger partial charge in [0.05, 0.1) is 19.3 Å². The molecule has 2 aliphatic rings. The van der Waals surface area contributed by atoms with E-state index >= 15 is 0 Å². The maximum Gasteiger partial charge on any atom is 0.0594 e. The fourth-order valence-corrected chi connectivity index (χ4v) is 3.30. The van der Waals surface area contributed by atoms with E-state index in [4.69, 9.17) is 4.74 Å². The van der Waals surface area contributed by atoms with E-state index in [1.807, 2.05) is 0 Å². The molecule has 0 aromatic heterocycles. The summed E-state index contributed by atoms with van der Waals surface area (Å²) in [4.78, 5) is 2.48. The molecule has 3 nitrogen and oxygen atoms in total. The molecule has 1 aliphatic carbocycles. The number of hydrogen-bond acceptors (Lipinski definition) is 3. The molecule has 0 aromatic carbocycles. The third-order valence-corrected chi connectivity index (χ3v) is 4.18. The molecular weight excluding hydrogens is 226 g/mol. The van der Waals surface area contributed by atoms with Gasteiger partial charge in [0.15, 0.2) is 0 Å². The van der Waals surface area contributed by atoms with Crippen molar-refractivity contribution in [3.63, 3.8) is 0 Å². The van der Waals surface area contributed by atoms with E-state index in [2.05, 4.69) is 25.2 Å². The molecule has 2 fully saturated rings. The van der Waals surface area contributed by atoms with Crippen LogP contribution in [0.5, 0.6) is 0 Å². The lowest BCUT2D eigenvalue weighted by Gasteiger charge is -2.38. The zero-order valence-corrected chi connectivity index (χ0v) is 11.9. The Morgan fingerprint density at radius 3 is 2.56 bits per heavy atom. The van der Waals surface area contributed by atoms with Crippen LogP contribution < -0.4 is 0 Å². The number of ether oxygens (including phenoxy) is 1. The van der Waals surface area contributed by atoms with Gasteiger partial charge in [-0.15, -0.1) is 0 Å². The van der Waals surface area contributed by atoms with Gasteiger partial charge in [-0.2, -0.15) is 0 Å². The van der Waals surface area contributed by atoms with Crippen LogP contribution in [0.1, 0.15) is 39.5 Å². The van der Waals surface area contributed by atoms with Gasteiger partial charge in [-0.05, 0) is 30.6 Å². The van der Waals surface area contributed by atoms with Gasteiger partial charge >= 0.3 is 0 Å². The summed E-state index contributed by atoms with van der Waals surface area (Å²) in [7, 11) is 0. The number of nitrogens with zero attached hydrogens (tertiary/aromatic N) is 1. The number of aliphatic hydroxyl groups excluding tert-OH is 1. The summed E-state index contributed by atoms with van der Waals surface area (Å²) in [6.45, 7) is 9.49. The van der Waals surface area contributed by atoms with Crippen molar-refractivity contribution in [3.8, 4) is 0 Å². The normalized spacial score (nSPS) is 31.5. The van der Waals surface area contributed by atoms with Crippen molar-refractivity contribution in [2.75, 3.05) is 32.8 Å². The van der Waals surface area contributed by atoms with Crippen LogP contribution in [0.2, 0.25) is 0 Å². The van der Waals surface area contributed by atoms with E-state index in [-0.39, 0.29) is 11.5 Å². The monoisotopic (exact) mass is 254 g/mol. The minimum Gasteiger partial charge on any atom is -0.393 e. The predicted molar refractivity (Wildman–Crippen MR) is 73.3 cm³/mol. The summed E-state index contributed by atoms with van der Waals surface area (Å²) < 4.78 is 5.39. The Labute approximate surface area is 112 Å². The smallest absolute Gasteiger partial charge is 0.0594 e. The zero-order valence-electron chi connectivity index (χ0n) is 11.9. The van der Waals surface area contributed by atoms with Crippen LogP contribution in [0, 0.1) is 17.8 Å². The third-order valence-electron chi connectivity index (χ3n) is 4.18. The lowest BCUT2D eigenvalue weighted by Crippen LogP contribution is -2.43. The van der Waals surface area contributed by atoms with Gasteiger partial charge in [0.25, 0.3) is 0 Å². The van der Waals surface area contributed by atoms with Gasteiger partial charge in [0.2, 0.25) is 0 Å². The average Bonchev–Trinajstić information content (AvgIpc) is 2.32. The molecule has 1 heterocycles. The quantitative estimate of drug-likeness (QED) is 0.834. The standard InChI is InChI=1S/C15H28NO2/c1-15(2,12-16-7-9-18-10-8-16)11-13-5-3-4-6-14(13)17/h11,13-14,17H,3-10,12H2,1-2H3. The van der Waals surface area contributed by atoms with Crippen molar-refractivity contribution in [1.29, 1.82) is 0 Å². The maximum atomic E-state index is 10.1. The fraction of sp³-hybridized carbons (Fsp3) is 0.933. The first-order chi connectivity index (χ1) is 8.57. The number of morpholine rings is 1. The molecule has 0 spiro atoms. The van der Waals surface area contributed by atoms with Gasteiger partial charge in [0.1, 0.15) is 0 Å². The summed E-state index contributed by atoms with van der Waals surface area (Å²) in [6.07, 6.45) is 6.90. The molecule has 3 heteroatoms. The van der Waals surface area contributed by atoms with Crippen LogP contribution in [-0.2, 0) is 4.74 Å². The topological polar surface area (TPSA) is 32.7 Å². The first-order valence-electron chi connectivity index (χ1n) is 7.41. The highest BCUT2D eigenvalue weighted by molar-refractivity contribution is 4.96. The summed E-state index contributed by atoms with van der Waals surface area (Å²) in [5, 5.41) is 10.1. The number of rotatable bonds is 4. The molecule has 1 saturated heterocycles. The van der Waals surface area contributed by atoms with Crippen molar-refractivity contribution in [2.24, 2.45) is 11.3 Å². The minimum atomic E-state index is -0.109. The van der Waals surface area contributed by atoms with E-state index in [9.17, 15) is 5.11 Å². The van der Waals surface area contributed by atoms with Crippen LogP contribution in [0.4, 0.5) is 0 Å². The minimum absolute atomic E-state index is 0.109. The molecule has 0 aromatic rings. The van der Waals surface area contributed by atoms with Gasteiger partial charge in [-0.1, -0.05) is 26.7 Å². The summed E-state index contributed by atoms with van der Waals surface area (Å²) >= 11 is 0. The van der Waals surface area contributed by atoms with Crippen molar-refractivity contribution < 1.29 is 9.84 Å². The van der Waals surface area contributed by atoms with Crippen LogP contribution in [0.25, 0.3) is 0 Å². The Kier molecular flexibility index (Phi) is 5.05. The Balaban J connectivity index is 1.81. The molecule has 0 bridgehead atoms. The largest absolute Gasteiger partial charge is 0.393 e. The first-order valence-corrected chi connectivity index (χ1v) is 7.41. The SMILES string of the molecule is CC(C)([CH]C1CCCCC1O)CN1CCOCC1. The second kappa shape index (κ2) is 6.36. The molecule has 0 amide bonds. The Morgan fingerprint density at radius 2 is 1.89 bits per heavy atom. The van der Waals surface area contributed by atoms with Crippen molar-refractivity contribution in [2.45, 2.75) is 45.6 Å². The molecule has 2 rings (SSSR count). The van der Waals surface area contributed by atoms with E-state index < -0.39 is 0 Å². The van der Waals surface area contributed by atoms with Gasteiger partial charge in [-0.3, -0.25) is 4.90 Å².